The van der Waals surface area contributed by atoms with Crippen molar-refractivity contribution in [2.45, 2.75) is 31.3 Å². The average Bonchev–Trinajstić information content (AvgIpc) is 3.25. The predicted octanol–water partition coefficient (Wildman–Crippen LogP) is 1.03. The lowest BCUT2D eigenvalue weighted by molar-refractivity contribution is -0.132. The van der Waals surface area contributed by atoms with Crippen LogP contribution in [0.5, 0.6) is 0 Å². The Morgan fingerprint density at radius 3 is 3.00 bits per heavy atom. The second kappa shape index (κ2) is 6.30. The van der Waals surface area contributed by atoms with Gasteiger partial charge in [0.2, 0.25) is 11.8 Å². The highest BCUT2D eigenvalue weighted by Crippen LogP contribution is 2.39. The first kappa shape index (κ1) is 16.0. The normalized spacial score (nSPS) is 24.3. The lowest BCUT2D eigenvalue weighted by Crippen LogP contribution is -2.55. The molecule has 2 atom stereocenters. The van der Waals surface area contributed by atoms with Gasteiger partial charge in [0, 0.05) is 18.0 Å². The molecule has 2 aliphatic rings. The van der Waals surface area contributed by atoms with Crippen LogP contribution in [-0.4, -0.2) is 41.9 Å². The molecular formula is C16H20N4O2S. The van der Waals surface area contributed by atoms with Gasteiger partial charge in [-0.15, -0.1) is 11.3 Å². The summed E-state index contributed by atoms with van der Waals surface area (Å²) in [5, 5.41) is 17.0. The summed E-state index contributed by atoms with van der Waals surface area (Å²) in [7, 11) is 0. The van der Waals surface area contributed by atoms with Crippen molar-refractivity contribution in [3.05, 3.63) is 22.4 Å². The number of hydrogen-bond acceptors (Lipinski definition) is 5. The smallest absolute Gasteiger partial charge is 0.242 e. The van der Waals surface area contributed by atoms with Gasteiger partial charge in [-0.1, -0.05) is 6.07 Å². The minimum absolute atomic E-state index is 0.0725. The molecule has 1 aromatic heterocycles. The predicted molar refractivity (Wildman–Crippen MR) is 86.5 cm³/mol. The first-order chi connectivity index (χ1) is 11.0. The monoisotopic (exact) mass is 332 g/mol. The van der Waals surface area contributed by atoms with E-state index in [0.29, 0.717) is 13.1 Å². The van der Waals surface area contributed by atoms with E-state index in [2.05, 4.69) is 16.7 Å². The van der Waals surface area contributed by atoms with Gasteiger partial charge in [-0.05, 0) is 37.1 Å². The number of hydrogen-bond donors (Lipinski definition) is 2. The molecule has 6 nitrogen and oxygen atoms in total. The zero-order valence-corrected chi connectivity index (χ0v) is 13.9. The third-order valence-corrected chi connectivity index (χ3v) is 5.42. The molecule has 2 amide bonds. The molecule has 0 aromatic carbocycles. The van der Waals surface area contributed by atoms with E-state index in [0.717, 1.165) is 17.7 Å². The van der Waals surface area contributed by atoms with E-state index in [9.17, 15) is 14.9 Å². The Labute approximate surface area is 139 Å². The third-order valence-electron chi connectivity index (χ3n) is 4.50. The zero-order chi connectivity index (χ0) is 16.4. The summed E-state index contributed by atoms with van der Waals surface area (Å²) < 4.78 is 0. The molecule has 1 saturated carbocycles. The van der Waals surface area contributed by atoms with E-state index in [-0.39, 0.29) is 24.3 Å². The number of carbonyl (C=O) groups is 2. The molecule has 1 aromatic rings. The van der Waals surface area contributed by atoms with Gasteiger partial charge in [-0.2, -0.15) is 5.26 Å². The molecule has 7 heteroatoms. The van der Waals surface area contributed by atoms with E-state index >= 15 is 0 Å². The van der Waals surface area contributed by atoms with E-state index < -0.39 is 11.6 Å². The SMILES string of the molecule is CC(C#N)(NC(=O)CN1CCNC(=O)C1c1cccs1)C1CC1. The van der Waals surface area contributed by atoms with Crippen LogP contribution in [0.2, 0.25) is 0 Å². The highest BCUT2D eigenvalue weighted by molar-refractivity contribution is 7.10. The molecule has 0 radical (unpaired) electrons. The number of rotatable bonds is 5. The number of nitrogens with one attached hydrogen (secondary N) is 2. The summed E-state index contributed by atoms with van der Waals surface area (Å²) >= 11 is 1.51. The summed E-state index contributed by atoms with van der Waals surface area (Å²) in [5.74, 6) is -0.0249. The largest absolute Gasteiger partial charge is 0.353 e. The number of amides is 2. The molecule has 2 fully saturated rings. The maximum Gasteiger partial charge on any atom is 0.242 e. The summed E-state index contributed by atoms with van der Waals surface area (Å²) in [5.41, 5.74) is -0.798. The first-order valence-electron chi connectivity index (χ1n) is 7.81. The standard InChI is InChI=1S/C16H20N4O2S/c1-16(10-17,11-4-5-11)19-13(21)9-20-7-6-18-15(22)14(20)12-3-2-8-23-12/h2-3,8,11,14H,4-7,9H2,1H3,(H,18,22)(H,19,21). The molecule has 2 N–H and O–H groups in total. The van der Waals surface area contributed by atoms with Gasteiger partial charge in [-0.25, -0.2) is 0 Å². The van der Waals surface area contributed by atoms with Crippen molar-refractivity contribution in [2.75, 3.05) is 19.6 Å². The Hall–Kier alpha value is -1.91. The van der Waals surface area contributed by atoms with Crippen LogP contribution in [0.1, 0.15) is 30.7 Å². The fourth-order valence-electron chi connectivity index (χ4n) is 3.04. The molecule has 2 unspecified atom stereocenters. The van der Waals surface area contributed by atoms with Crippen molar-refractivity contribution in [3.8, 4) is 6.07 Å². The van der Waals surface area contributed by atoms with Gasteiger partial charge in [0.1, 0.15) is 11.6 Å². The van der Waals surface area contributed by atoms with Gasteiger partial charge in [0.15, 0.2) is 0 Å². The quantitative estimate of drug-likeness (QED) is 0.843. The molecule has 2 heterocycles. The molecule has 1 saturated heterocycles. The summed E-state index contributed by atoms with van der Waals surface area (Å²) in [6.45, 7) is 3.06. The third kappa shape index (κ3) is 3.38. The first-order valence-corrected chi connectivity index (χ1v) is 8.69. The fourth-order valence-corrected chi connectivity index (χ4v) is 3.89. The van der Waals surface area contributed by atoms with Crippen LogP contribution in [0.15, 0.2) is 17.5 Å². The van der Waals surface area contributed by atoms with E-state index in [1.807, 2.05) is 22.4 Å². The molecule has 1 aliphatic heterocycles. The van der Waals surface area contributed by atoms with Crippen molar-refractivity contribution in [2.24, 2.45) is 5.92 Å². The Morgan fingerprint density at radius 1 is 1.61 bits per heavy atom. The van der Waals surface area contributed by atoms with Crippen LogP contribution in [0.3, 0.4) is 0 Å². The molecule has 0 spiro atoms. The van der Waals surface area contributed by atoms with Crippen molar-refractivity contribution < 1.29 is 9.59 Å². The Kier molecular flexibility index (Phi) is 4.37. The van der Waals surface area contributed by atoms with E-state index in [4.69, 9.17) is 0 Å². The summed E-state index contributed by atoms with van der Waals surface area (Å²) in [6, 6.07) is 5.62. The molecule has 3 rings (SSSR count). The number of carbonyl (C=O) groups excluding carboxylic acids is 2. The van der Waals surface area contributed by atoms with Crippen LogP contribution in [0.25, 0.3) is 0 Å². The van der Waals surface area contributed by atoms with Gasteiger partial charge in [0.25, 0.3) is 0 Å². The minimum atomic E-state index is -0.798. The van der Waals surface area contributed by atoms with E-state index in [1.54, 1.807) is 6.92 Å². The number of nitriles is 1. The second-order valence-corrected chi connectivity index (χ2v) is 7.30. The highest BCUT2D eigenvalue weighted by atomic mass is 32.1. The molecule has 0 bridgehead atoms. The van der Waals surface area contributed by atoms with Crippen LogP contribution >= 0.6 is 11.3 Å². The molecule has 122 valence electrons. The van der Waals surface area contributed by atoms with Crippen molar-refractivity contribution in [3.63, 3.8) is 0 Å². The van der Waals surface area contributed by atoms with Crippen molar-refractivity contribution in [1.29, 1.82) is 5.26 Å². The van der Waals surface area contributed by atoms with Crippen molar-refractivity contribution in [1.82, 2.24) is 15.5 Å². The Balaban J connectivity index is 1.69. The van der Waals surface area contributed by atoms with Crippen LogP contribution in [0, 0.1) is 17.2 Å². The minimum Gasteiger partial charge on any atom is -0.353 e. The summed E-state index contributed by atoms with van der Waals surface area (Å²) in [6.07, 6.45) is 1.96. The van der Waals surface area contributed by atoms with Gasteiger partial charge in [0.05, 0.1) is 12.6 Å². The highest BCUT2D eigenvalue weighted by Gasteiger charge is 2.43. The number of nitrogens with zero attached hydrogens (tertiary/aromatic N) is 2. The molecule has 23 heavy (non-hydrogen) atoms. The lowest BCUT2D eigenvalue weighted by Gasteiger charge is -2.34. The van der Waals surface area contributed by atoms with Crippen LogP contribution < -0.4 is 10.6 Å². The topological polar surface area (TPSA) is 85.2 Å². The zero-order valence-electron chi connectivity index (χ0n) is 13.0. The van der Waals surface area contributed by atoms with Gasteiger partial charge in [-0.3, -0.25) is 14.5 Å². The molecular weight excluding hydrogens is 312 g/mol. The Morgan fingerprint density at radius 2 is 2.39 bits per heavy atom. The molecule has 1 aliphatic carbocycles. The van der Waals surface area contributed by atoms with Gasteiger partial charge >= 0.3 is 0 Å². The van der Waals surface area contributed by atoms with Gasteiger partial charge < -0.3 is 10.6 Å². The number of thiophene rings is 1. The Bertz CT molecular complexity index is 635. The average molecular weight is 332 g/mol. The second-order valence-electron chi connectivity index (χ2n) is 6.32. The van der Waals surface area contributed by atoms with E-state index in [1.165, 1.54) is 11.3 Å². The summed E-state index contributed by atoms with van der Waals surface area (Å²) in [4.78, 5) is 27.4. The maximum absolute atomic E-state index is 12.4. The number of piperazine rings is 1. The van der Waals surface area contributed by atoms with Crippen molar-refractivity contribution >= 4 is 23.2 Å². The lowest BCUT2D eigenvalue weighted by atomic mass is 9.98. The fraction of sp³-hybridized carbons (Fsp3) is 0.562. The van der Waals surface area contributed by atoms with Crippen LogP contribution in [0.4, 0.5) is 0 Å². The van der Waals surface area contributed by atoms with Crippen LogP contribution in [-0.2, 0) is 9.59 Å². The maximum atomic E-state index is 12.4.